The molecule has 252 valence electrons. The minimum atomic E-state index is 0.240. The van der Waals surface area contributed by atoms with Crippen LogP contribution in [0, 0.1) is 20.8 Å². The first-order chi connectivity index (χ1) is 21.2. The smallest absolute Gasteiger partial charge is 0.0972 e. The molecule has 2 aromatic rings. The Balaban J connectivity index is 0.000000681. The van der Waals surface area contributed by atoms with Gasteiger partial charge in [-0.05, 0) is 131 Å². The van der Waals surface area contributed by atoms with E-state index in [2.05, 4.69) is 138 Å². The molecule has 5 heteroatoms. The summed E-state index contributed by atoms with van der Waals surface area (Å²) in [5, 5.41) is 6.50. The summed E-state index contributed by atoms with van der Waals surface area (Å²) in [6.45, 7) is 33.9. The molecule has 0 aliphatic rings. The largest absolute Gasteiger partial charge is 0.348 e. The second-order valence-electron chi connectivity index (χ2n) is 12.8. The number of rotatable bonds is 14. The zero-order chi connectivity index (χ0) is 34.4. The van der Waals surface area contributed by atoms with Gasteiger partial charge >= 0.3 is 0 Å². The fourth-order valence-corrected chi connectivity index (χ4v) is 4.66. The first kappa shape index (κ1) is 42.0. The third-order valence-corrected chi connectivity index (χ3v) is 7.59. The van der Waals surface area contributed by atoms with Gasteiger partial charge in [0.25, 0.3) is 0 Å². The first-order valence-electron chi connectivity index (χ1n) is 16.9. The Labute approximate surface area is 278 Å². The summed E-state index contributed by atoms with van der Waals surface area (Å²) in [6.07, 6.45) is 8.19. The van der Waals surface area contributed by atoms with Crippen LogP contribution in [0.4, 0.5) is 0 Å². The van der Waals surface area contributed by atoms with Crippen molar-refractivity contribution in [3.63, 3.8) is 0 Å². The quantitative estimate of drug-likeness (QED) is 0.126. The molecule has 0 spiro atoms. The van der Waals surface area contributed by atoms with Gasteiger partial charge in [-0.1, -0.05) is 74.9 Å². The van der Waals surface area contributed by atoms with Gasteiger partial charge in [0.15, 0.2) is 0 Å². The molecule has 0 radical (unpaired) electrons. The van der Waals surface area contributed by atoms with Crippen LogP contribution < -0.4 is 10.6 Å². The number of allylic oxidation sites excluding steroid dienone is 5. The molecule has 0 aliphatic carbocycles. The van der Waals surface area contributed by atoms with Crippen LogP contribution in [0.2, 0.25) is 0 Å². The first-order valence-corrected chi connectivity index (χ1v) is 16.9. The lowest BCUT2D eigenvalue weighted by Gasteiger charge is -2.32. The van der Waals surface area contributed by atoms with Crippen LogP contribution in [0.25, 0.3) is 5.57 Å². The Morgan fingerprint density at radius 1 is 0.911 bits per heavy atom. The van der Waals surface area contributed by atoms with Crippen LogP contribution in [0.3, 0.4) is 0 Å². The molecule has 0 atom stereocenters. The van der Waals surface area contributed by atoms with Crippen molar-refractivity contribution in [3.8, 4) is 0 Å². The van der Waals surface area contributed by atoms with Crippen LogP contribution in [0.15, 0.2) is 71.4 Å². The van der Waals surface area contributed by atoms with Gasteiger partial charge in [-0.25, -0.2) is 0 Å². The molecule has 45 heavy (non-hydrogen) atoms. The molecule has 2 N–H and O–H groups in total. The molecule has 0 amide bonds. The van der Waals surface area contributed by atoms with Crippen LogP contribution in [0.5, 0.6) is 0 Å². The molecular formula is C40H67N5. The summed E-state index contributed by atoms with van der Waals surface area (Å²) >= 11 is 0. The molecule has 2 rings (SSSR count). The highest BCUT2D eigenvalue weighted by molar-refractivity contribution is 5.81. The van der Waals surface area contributed by atoms with Crippen molar-refractivity contribution >= 4 is 11.4 Å². The average molecular weight is 618 g/mol. The standard InChI is InChI=1S/C19H23N.C11H26N2.C10H18N2/c1-13-6-10-18(11-7-13)17(5)15(3)12-19-14(2)8-9-16(4)20-19;1-6-8-13(9-7-2)10-11(3,4)12-5;1-5-7-9(3)12-10(4)11-8-6-2/h6-11H,12H2,1-5H3;12H,6-10H2,1-5H3;5,7H,1,6,8H2,2-4H3,(H,11,12)/b;;9-7-. The maximum atomic E-state index is 4.67. The second-order valence-corrected chi connectivity index (χ2v) is 12.8. The predicted molar refractivity (Wildman–Crippen MR) is 202 cm³/mol. The molecule has 1 aromatic heterocycles. The van der Waals surface area contributed by atoms with E-state index in [0.29, 0.717) is 0 Å². The molecule has 0 saturated carbocycles. The number of benzene rings is 1. The molecule has 5 nitrogen and oxygen atoms in total. The van der Waals surface area contributed by atoms with Gasteiger partial charge in [0.2, 0.25) is 0 Å². The maximum Gasteiger partial charge on any atom is 0.0972 e. The highest BCUT2D eigenvalue weighted by atomic mass is 15.2. The molecule has 0 unspecified atom stereocenters. The second kappa shape index (κ2) is 23.3. The van der Waals surface area contributed by atoms with Crippen molar-refractivity contribution in [2.24, 2.45) is 4.99 Å². The van der Waals surface area contributed by atoms with Gasteiger partial charge in [-0.15, -0.1) is 0 Å². The number of aromatic nitrogens is 1. The van der Waals surface area contributed by atoms with E-state index in [9.17, 15) is 0 Å². The number of likely N-dealkylation sites (N-methyl/N-ethyl adjacent to an activating group) is 1. The van der Waals surface area contributed by atoms with E-state index in [1.807, 2.05) is 27.0 Å². The minimum Gasteiger partial charge on any atom is -0.348 e. The average Bonchev–Trinajstić information content (AvgIpc) is 2.99. The minimum absolute atomic E-state index is 0.240. The summed E-state index contributed by atoms with van der Waals surface area (Å²) in [7, 11) is 2.04. The topological polar surface area (TPSA) is 52.6 Å². The van der Waals surface area contributed by atoms with E-state index >= 15 is 0 Å². The monoisotopic (exact) mass is 618 g/mol. The molecule has 0 fully saturated rings. The van der Waals surface area contributed by atoms with Crippen molar-refractivity contribution in [1.82, 2.24) is 20.5 Å². The van der Waals surface area contributed by atoms with Crippen molar-refractivity contribution in [1.29, 1.82) is 0 Å². The van der Waals surface area contributed by atoms with Gasteiger partial charge < -0.3 is 15.5 Å². The van der Waals surface area contributed by atoms with Gasteiger partial charge in [-0.2, -0.15) is 0 Å². The SMILES string of the molecule is C=C/C=C(/C)NC(C)=NCCC.CC(Cc1nc(C)ccc1C)=C(C)c1ccc(C)cc1.CCCN(CCC)CC(C)(C)NC. The summed E-state index contributed by atoms with van der Waals surface area (Å²) < 4.78 is 0. The van der Waals surface area contributed by atoms with Crippen LogP contribution in [-0.4, -0.2) is 54.5 Å². The highest BCUT2D eigenvalue weighted by Crippen LogP contribution is 2.22. The molecule has 1 heterocycles. The van der Waals surface area contributed by atoms with Crippen LogP contribution in [0.1, 0.15) is 110 Å². The molecule has 0 saturated heterocycles. The number of aliphatic imine (C=N–C) groups is 1. The predicted octanol–water partition coefficient (Wildman–Crippen LogP) is 9.64. The number of hydrogen-bond donors (Lipinski definition) is 2. The van der Waals surface area contributed by atoms with E-state index in [0.717, 1.165) is 43.2 Å². The van der Waals surface area contributed by atoms with Crippen molar-refractivity contribution < 1.29 is 0 Å². The van der Waals surface area contributed by atoms with E-state index < -0.39 is 0 Å². The normalized spacial score (nSPS) is 12.5. The number of nitrogens with one attached hydrogen (secondary N) is 2. The van der Waals surface area contributed by atoms with Crippen LogP contribution in [-0.2, 0) is 6.42 Å². The van der Waals surface area contributed by atoms with Gasteiger partial charge in [0.1, 0.15) is 0 Å². The van der Waals surface area contributed by atoms with E-state index in [1.165, 1.54) is 59.5 Å². The van der Waals surface area contributed by atoms with Crippen molar-refractivity contribution in [3.05, 3.63) is 94.5 Å². The van der Waals surface area contributed by atoms with Crippen LogP contribution >= 0.6 is 0 Å². The maximum absolute atomic E-state index is 4.67. The van der Waals surface area contributed by atoms with E-state index in [1.54, 1.807) is 6.08 Å². The third kappa shape index (κ3) is 19.2. The van der Waals surface area contributed by atoms with Crippen molar-refractivity contribution in [2.45, 2.75) is 114 Å². The summed E-state index contributed by atoms with van der Waals surface area (Å²) in [5.74, 6) is 0.965. The Morgan fingerprint density at radius 2 is 1.51 bits per heavy atom. The summed E-state index contributed by atoms with van der Waals surface area (Å²) in [4.78, 5) is 11.5. The highest BCUT2D eigenvalue weighted by Gasteiger charge is 2.18. The summed E-state index contributed by atoms with van der Waals surface area (Å²) in [6, 6.07) is 13.0. The fraction of sp³-hybridized carbons (Fsp3) is 0.550. The third-order valence-electron chi connectivity index (χ3n) is 7.59. The van der Waals surface area contributed by atoms with Gasteiger partial charge in [0, 0.05) is 42.1 Å². The Bertz CT molecular complexity index is 1200. The Kier molecular flexibility index (Phi) is 21.8. The summed E-state index contributed by atoms with van der Waals surface area (Å²) in [5.41, 5.74) is 10.2. The molecule has 1 aromatic carbocycles. The van der Waals surface area contributed by atoms with Gasteiger partial charge in [0.05, 0.1) is 5.84 Å². The van der Waals surface area contributed by atoms with E-state index in [4.69, 9.17) is 0 Å². The number of amidine groups is 1. The zero-order valence-corrected chi connectivity index (χ0v) is 31.3. The van der Waals surface area contributed by atoms with E-state index in [-0.39, 0.29) is 5.54 Å². The lowest BCUT2D eigenvalue weighted by molar-refractivity contribution is 0.207. The Hall–Kier alpha value is -3.02. The Morgan fingerprint density at radius 3 is 2.02 bits per heavy atom. The molecular weight excluding hydrogens is 550 g/mol. The number of pyridine rings is 1. The zero-order valence-electron chi connectivity index (χ0n) is 31.3. The lowest BCUT2D eigenvalue weighted by atomic mass is 9.97. The number of hydrogen-bond acceptors (Lipinski definition) is 4. The lowest BCUT2D eigenvalue weighted by Crippen LogP contribution is -2.47. The van der Waals surface area contributed by atoms with Gasteiger partial charge in [-0.3, -0.25) is 9.98 Å². The number of aryl methyl sites for hydroxylation is 3. The fourth-order valence-electron chi connectivity index (χ4n) is 4.66. The van der Waals surface area contributed by atoms with Crippen molar-refractivity contribution in [2.75, 3.05) is 33.2 Å². The molecule has 0 aliphatic heterocycles. The number of nitrogens with zero attached hydrogens (tertiary/aromatic N) is 3. The molecule has 0 bridgehead atoms.